The Hall–Kier alpha value is -1.82. The van der Waals surface area contributed by atoms with Crippen molar-refractivity contribution < 1.29 is 10.0 Å². The number of aliphatic hydroxyl groups excluding tert-OH is 1. The van der Waals surface area contributed by atoms with Crippen LogP contribution >= 0.6 is 0 Å². The molecule has 0 aromatic heterocycles. The highest BCUT2D eigenvalue weighted by Gasteiger charge is 2.23. The van der Waals surface area contributed by atoms with Crippen molar-refractivity contribution >= 4 is 17.1 Å². The molecule has 6 heteroatoms. The van der Waals surface area contributed by atoms with E-state index in [-0.39, 0.29) is 18.3 Å². The van der Waals surface area contributed by atoms with Crippen molar-refractivity contribution in [3.05, 3.63) is 28.3 Å². The minimum Gasteiger partial charge on any atom is -0.398 e. The van der Waals surface area contributed by atoms with Gasteiger partial charge in [0.1, 0.15) is 0 Å². The van der Waals surface area contributed by atoms with Crippen LogP contribution in [0.2, 0.25) is 0 Å². The van der Waals surface area contributed by atoms with E-state index in [1.54, 1.807) is 12.1 Å². The summed E-state index contributed by atoms with van der Waals surface area (Å²) in [6.07, 6.45) is 3.88. The second kappa shape index (κ2) is 5.88. The average Bonchev–Trinajstić information content (AvgIpc) is 2.39. The number of anilines is 2. The first-order valence-electron chi connectivity index (χ1n) is 6.54. The van der Waals surface area contributed by atoms with Gasteiger partial charge in [-0.05, 0) is 31.7 Å². The molecule has 1 aliphatic heterocycles. The maximum atomic E-state index is 10.9. The van der Waals surface area contributed by atoms with Gasteiger partial charge in [0.15, 0.2) is 0 Å². The number of nitro benzene ring substituents is 1. The fraction of sp³-hybridized carbons (Fsp3) is 0.538. The molecule has 0 saturated carbocycles. The number of nitrogens with two attached hydrogens (primary N) is 1. The van der Waals surface area contributed by atoms with Gasteiger partial charge in [-0.2, -0.15) is 0 Å². The summed E-state index contributed by atoms with van der Waals surface area (Å²) in [6.45, 7) is 0.983. The third-order valence-electron chi connectivity index (χ3n) is 3.56. The van der Waals surface area contributed by atoms with Crippen molar-refractivity contribution in [2.24, 2.45) is 0 Å². The molecule has 0 amide bonds. The van der Waals surface area contributed by atoms with Crippen LogP contribution in [0.25, 0.3) is 0 Å². The Labute approximate surface area is 112 Å². The molecule has 1 aromatic carbocycles. The first-order valence-corrected chi connectivity index (χ1v) is 6.54. The quantitative estimate of drug-likeness (QED) is 0.493. The van der Waals surface area contributed by atoms with E-state index in [9.17, 15) is 10.1 Å². The molecule has 6 nitrogen and oxygen atoms in total. The molecule has 1 aliphatic rings. The van der Waals surface area contributed by atoms with Gasteiger partial charge >= 0.3 is 0 Å². The number of hydrogen-bond donors (Lipinski definition) is 2. The number of nitro groups is 1. The second-order valence-electron chi connectivity index (χ2n) is 4.90. The maximum absolute atomic E-state index is 10.9. The number of piperidine rings is 1. The lowest BCUT2D eigenvalue weighted by atomic mass is 9.98. The standard InChI is InChI=1S/C13H19N3O3/c14-10-7-12(9-13(8-10)16(18)19)15-5-2-1-3-11(15)4-6-17/h7-9,11,17H,1-6,14H2. The summed E-state index contributed by atoms with van der Waals surface area (Å²) < 4.78 is 0. The molecule has 2 rings (SSSR count). The predicted molar refractivity (Wildman–Crippen MR) is 74.2 cm³/mol. The van der Waals surface area contributed by atoms with E-state index in [2.05, 4.69) is 4.90 Å². The van der Waals surface area contributed by atoms with Crippen molar-refractivity contribution in [3.8, 4) is 0 Å². The van der Waals surface area contributed by atoms with E-state index in [4.69, 9.17) is 10.8 Å². The zero-order chi connectivity index (χ0) is 13.8. The van der Waals surface area contributed by atoms with Gasteiger partial charge in [-0.25, -0.2) is 0 Å². The molecule has 0 aliphatic carbocycles. The zero-order valence-electron chi connectivity index (χ0n) is 10.8. The van der Waals surface area contributed by atoms with Crippen LogP contribution in [0.5, 0.6) is 0 Å². The van der Waals surface area contributed by atoms with E-state index < -0.39 is 4.92 Å². The van der Waals surface area contributed by atoms with Crippen LogP contribution in [0.4, 0.5) is 17.1 Å². The molecular weight excluding hydrogens is 246 g/mol. The van der Waals surface area contributed by atoms with Crippen molar-refractivity contribution in [1.82, 2.24) is 0 Å². The number of nitrogens with zero attached hydrogens (tertiary/aromatic N) is 2. The van der Waals surface area contributed by atoms with E-state index in [1.165, 1.54) is 6.07 Å². The Morgan fingerprint density at radius 1 is 1.42 bits per heavy atom. The summed E-state index contributed by atoms with van der Waals surface area (Å²) in [7, 11) is 0. The van der Waals surface area contributed by atoms with Gasteiger partial charge in [0.25, 0.3) is 5.69 Å². The highest BCUT2D eigenvalue weighted by Crippen LogP contribution is 2.31. The summed E-state index contributed by atoms with van der Waals surface area (Å²) >= 11 is 0. The fourth-order valence-corrected chi connectivity index (χ4v) is 2.68. The highest BCUT2D eigenvalue weighted by molar-refractivity contribution is 5.63. The van der Waals surface area contributed by atoms with Crippen LogP contribution in [0.1, 0.15) is 25.7 Å². The molecule has 1 heterocycles. The molecule has 1 fully saturated rings. The smallest absolute Gasteiger partial charge is 0.273 e. The average molecular weight is 265 g/mol. The molecule has 0 spiro atoms. The van der Waals surface area contributed by atoms with Gasteiger partial charge in [-0.1, -0.05) is 0 Å². The first-order chi connectivity index (χ1) is 9.11. The molecule has 0 bridgehead atoms. The third kappa shape index (κ3) is 3.14. The number of hydrogen-bond acceptors (Lipinski definition) is 5. The predicted octanol–water partition coefficient (Wildman–Crippen LogP) is 1.92. The lowest BCUT2D eigenvalue weighted by Gasteiger charge is -2.37. The topological polar surface area (TPSA) is 92.6 Å². The number of nitrogen functional groups attached to an aromatic ring is 1. The Morgan fingerprint density at radius 2 is 2.21 bits per heavy atom. The molecule has 0 radical (unpaired) electrons. The van der Waals surface area contributed by atoms with Crippen LogP contribution in [-0.4, -0.2) is 29.2 Å². The molecular formula is C13H19N3O3. The Balaban J connectivity index is 2.30. The lowest BCUT2D eigenvalue weighted by Crippen LogP contribution is -2.40. The van der Waals surface area contributed by atoms with Crippen LogP contribution < -0.4 is 10.6 Å². The minimum atomic E-state index is -0.426. The zero-order valence-corrected chi connectivity index (χ0v) is 10.8. The van der Waals surface area contributed by atoms with E-state index in [0.29, 0.717) is 12.1 Å². The van der Waals surface area contributed by atoms with Gasteiger partial charge < -0.3 is 15.7 Å². The Morgan fingerprint density at radius 3 is 2.89 bits per heavy atom. The molecule has 19 heavy (non-hydrogen) atoms. The van der Waals surface area contributed by atoms with Crippen LogP contribution in [-0.2, 0) is 0 Å². The molecule has 1 aromatic rings. The van der Waals surface area contributed by atoms with Gasteiger partial charge in [-0.3, -0.25) is 10.1 Å². The molecule has 3 N–H and O–H groups in total. The highest BCUT2D eigenvalue weighted by atomic mass is 16.6. The monoisotopic (exact) mass is 265 g/mol. The van der Waals surface area contributed by atoms with Crippen molar-refractivity contribution in [3.63, 3.8) is 0 Å². The van der Waals surface area contributed by atoms with Crippen LogP contribution in [0, 0.1) is 10.1 Å². The summed E-state index contributed by atoms with van der Waals surface area (Å²) in [5.41, 5.74) is 6.94. The number of non-ortho nitro benzene ring substituents is 1. The largest absolute Gasteiger partial charge is 0.398 e. The number of rotatable bonds is 4. The van der Waals surface area contributed by atoms with E-state index in [1.807, 2.05) is 0 Å². The molecule has 104 valence electrons. The lowest BCUT2D eigenvalue weighted by molar-refractivity contribution is -0.384. The normalized spacial score (nSPS) is 19.4. The Kier molecular flexibility index (Phi) is 4.21. The molecule has 1 unspecified atom stereocenters. The van der Waals surface area contributed by atoms with Crippen molar-refractivity contribution in [2.75, 3.05) is 23.8 Å². The van der Waals surface area contributed by atoms with Gasteiger partial charge in [0, 0.05) is 42.7 Å². The summed E-state index contributed by atoms with van der Waals surface area (Å²) in [4.78, 5) is 12.6. The van der Waals surface area contributed by atoms with Crippen molar-refractivity contribution in [1.29, 1.82) is 0 Å². The SMILES string of the molecule is Nc1cc(N2CCCCC2CCO)cc([N+](=O)[O-])c1. The van der Waals surface area contributed by atoms with Crippen LogP contribution in [0.3, 0.4) is 0 Å². The van der Waals surface area contributed by atoms with E-state index >= 15 is 0 Å². The summed E-state index contributed by atoms with van der Waals surface area (Å²) in [6, 6.07) is 4.93. The first kappa shape index (κ1) is 13.6. The van der Waals surface area contributed by atoms with Gasteiger partial charge in [0.2, 0.25) is 0 Å². The third-order valence-corrected chi connectivity index (χ3v) is 3.56. The molecule has 1 atom stereocenters. The van der Waals surface area contributed by atoms with Crippen LogP contribution in [0.15, 0.2) is 18.2 Å². The fourth-order valence-electron chi connectivity index (χ4n) is 2.68. The van der Waals surface area contributed by atoms with E-state index in [0.717, 1.165) is 31.5 Å². The molecule has 1 saturated heterocycles. The van der Waals surface area contributed by atoms with Gasteiger partial charge in [0.05, 0.1) is 4.92 Å². The number of benzene rings is 1. The maximum Gasteiger partial charge on any atom is 0.273 e. The summed E-state index contributed by atoms with van der Waals surface area (Å²) in [5, 5.41) is 20.0. The number of aliphatic hydroxyl groups is 1. The Bertz CT molecular complexity index is 462. The van der Waals surface area contributed by atoms with Crippen molar-refractivity contribution in [2.45, 2.75) is 31.7 Å². The van der Waals surface area contributed by atoms with Gasteiger partial charge in [-0.15, -0.1) is 0 Å². The minimum absolute atomic E-state index is 0.0170. The second-order valence-corrected chi connectivity index (χ2v) is 4.90. The summed E-state index contributed by atoms with van der Waals surface area (Å²) in [5.74, 6) is 0.